The third-order valence-electron chi connectivity index (χ3n) is 9.46. The number of nitrogens with zero attached hydrogens (tertiary/aromatic N) is 2. The van der Waals surface area contributed by atoms with E-state index in [1.807, 2.05) is 0 Å². The first-order valence-electron chi connectivity index (χ1n) is 14.8. The van der Waals surface area contributed by atoms with Crippen LogP contribution in [0.1, 0.15) is 74.7 Å². The highest BCUT2D eigenvalue weighted by molar-refractivity contribution is 7.91. The number of aromatic nitrogens is 1. The van der Waals surface area contributed by atoms with Crippen LogP contribution in [0.25, 0.3) is 11.3 Å². The number of rotatable bonds is 10. The van der Waals surface area contributed by atoms with E-state index in [1.165, 1.54) is 6.07 Å². The number of sulfonamides is 1. The van der Waals surface area contributed by atoms with Crippen LogP contribution in [0.2, 0.25) is 10.0 Å². The van der Waals surface area contributed by atoms with Crippen LogP contribution in [0.3, 0.4) is 0 Å². The number of fused-ring (bicyclic) bond motifs is 2. The molecule has 2 bridgehead atoms. The molecule has 7 rings (SSSR count). The lowest BCUT2D eigenvalue weighted by Gasteiger charge is -2.33. The summed E-state index contributed by atoms with van der Waals surface area (Å²) in [4.78, 5) is 13.9. The van der Waals surface area contributed by atoms with Crippen molar-refractivity contribution < 1.29 is 26.9 Å². The van der Waals surface area contributed by atoms with Gasteiger partial charge in [0.25, 0.3) is 0 Å². The Morgan fingerprint density at radius 3 is 2.53 bits per heavy atom. The summed E-state index contributed by atoms with van der Waals surface area (Å²) < 4.78 is 54.5. The van der Waals surface area contributed by atoms with Crippen LogP contribution in [0.5, 0.6) is 0 Å². The summed E-state index contributed by atoms with van der Waals surface area (Å²) in [6, 6.07) is 10.2. The first kappa shape index (κ1) is 29.1. The van der Waals surface area contributed by atoms with Crippen LogP contribution in [0.15, 0.2) is 40.9 Å². The second kappa shape index (κ2) is 10.8. The highest BCUT2D eigenvalue weighted by Gasteiger charge is 2.57. The molecule has 3 atom stereocenters. The summed E-state index contributed by atoms with van der Waals surface area (Å²) in [5, 5.41) is 5.36. The predicted octanol–water partition coefficient (Wildman–Crippen LogP) is 6.69. The van der Waals surface area contributed by atoms with E-state index in [0.29, 0.717) is 64.5 Å². The van der Waals surface area contributed by atoms with E-state index in [4.69, 9.17) is 32.5 Å². The molecule has 228 valence electrons. The molecule has 0 spiro atoms. The van der Waals surface area contributed by atoms with Gasteiger partial charge in [0, 0.05) is 42.0 Å². The number of amides is 1. The highest BCUT2D eigenvalue weighted by Crippen LogP contribution is 2.53. The van der Waals surface area contributed by atoms with Crippen molar-refractivity contribution in [2.24, 2.45) is 5.92 Å². The Morgan fingerprint density at radius 2 is 1.93 bits per heavy atom. The SMILES string of the molecule is CCC(=O)NS(=O)(=O)C1(c2ccc(N3C[C@@H]4C[C@H]3C[C@H]4OCc3c(-c4c(Cl)cccc4Cl)noc3C3CC3)c(F)c2)CC1. The Kier molecular flexibility index (Phi) is 7.27. The van der Waals surface area contributed by atoms with Gasteiger partial charge in [0.1, 0.15) is 22.0 Å². The van der Waals surface area contributed by atoms with E-state index >= 15 is 4.39 Å². The standard InChI is InChI=1S/C31H32Cl2FN3O5S/c1-2-27(38)36-43(39,40)31(10-11-31)19-8-9-25(24(34)13-19)37-15-18-12-20(37)14-26(18)41-16-21-29(35-42-30(21)17-6-7-17)28-22(32)4-3-5-23(28)33/h3-5,8-9,13,17-18,20,26H,2,6-7,10-12,14-16H2,1H3,(H,36,38)/t18-,20-,26+/m0/s1. The fourth-order valence-electron chi connectivity index (χ4n) is 6.81. The third-order valence-corrected chi connectivity index (χ3v) is 12.3. The number of hydrogen-bond donors (Lipinski definition) is 1. The van der Waals surface area contributed by atoms with E-state index in [1.54, 1.807) is 37.3 Å². The molecule has 2 aromatic carbocycles. The van der Waals surface area contributed by atoms with E-state index < -0.39 is 26.5 Å². The molecule has 0 radical (unpaired) electrons. The lowest BCUT2D eigenvalue weighted by molar-refractivity contribution is -0.119. The summed E-state index contributed by atoms with van der Waals surface area (Å²) in [6.45, 7) is 2.56. The Morgan fingerprint density at radius 1 is 1.19 bits per heavy atom. The molecular formula is C31H32Cl2FN3O5S. The van der Waals surface area contributed by atoms with E-state index in [0.717, 1.165) is 37.0 Å². The molecule has 0 unspecified atom stereocenters. The lowest BCUT2D eigenvalue weighted by Crippen LogP contribution is -2.39. The van der Waals surface area contributed by atoms with Gasteiger partial charge in [-0.3, -0.25) is 9.52 Å². The molecule has 4 aliphatic rings. The monoisotopic (exact) mass is 647 g/mol. The van der Waals surface area contributed by atoms with Crippen LogP contribution < -0.4 is 9.62 Å². The van der Waals surface area contributed by atoms with E-state index in [2.05, 4.69) is 14.8 Å². The first-order valence-corrected chi connectivity index (χ1v) is 17.0. The van der Waals surface area contributed by atoms with Gasteiger partial charge in [0.05, 0.1) is 28.4 Å². The minimum Gasteiger partial charge on any atom is -0.373 e. The molecule has 12 heteroatoms. The maximum atomic E-state index is 15.5. The minimum atomic E-state index is -3.96. The number of ether oxygens (including phenoxy) is 1. The quantitative estimate of drug-likeness (QED) is 0.261. The van der Waals surface area contributed by atoms with E-state index in [9.17, 15) is 13.2 Å². The number of benzene rings is 2. The Balaban J connectivity index is 1.05. The van der Waals surface area contributed by atoms with Gasteiger partial charge in [-0.2, -0.15) is 0 Å². The van der Waals surface area contributed by atoms with Crippen LogP contribution >= 0.6 is 23.2 Å². The fourth-order valence-corrected chi connectivity index (χ4v) is 9.11. The zero-order valence-corrected chi connectivity index (χ0v) is 25.9. The molecule has 1 amide bonds. The lowest BCUT2D eigenvalue weighted by atomic mass is 10.0. The van der Waals surface area contributed by atoms with Gasteiger partial charge in [-0.1, -0.05) is 47.4 Å². The largest absolute Gasteiger partial charge is 0.373 e. The van der Waals surface area contributed by atoms with Crippen molar-refractivity contribution in [3.8, 4) is 11.3 Å². The molecule has 1 aromatic heterocycles. The average molecular weight is 649 g/mol. The molecule has 2 heterocycles. The molecule has 3 saturated carbocycles. The normalized spacial score (nSPS) is 24.0. The van der Waals surface area contributed by atoms with Gasteiger partial charge in [-0.05, 0) is 68.4 Å². The Labute approximate surface area is 259 Å². The molecule has 43 heavy (non-hydrogen) atoms. The van der Waals surface area contributed by atoms with Gasteiger partial charge in [0.2, 0.25) is 15.9 Å². The van der Waals surface area contributed by atoms with Gasteiger partial charge >= 0.3 is 0 Å². The molecular weight excluding hydrogens is 616 g/mol. The fraction of sp³-hybridized carbons (Fsp3) is 0.484. The maximum absolute atomic E-state index is 15.5. The number of carbonyl (C=O) groups excluding carboxylic acids is 1. The average Bonchev–Trinajstić information content (AvgIpc) is 3.87. The number of carbonyl (C=O) groups is 1. The van der Waals surface area contributed by atoms with Crippen molar-refractivity contribution >= 4 is 44.8 Å². The number of piperidine rings is 1. The molecule has 1 saturated heterocycles. The van der Waals surface area contributed by atoms with Crippen molar-refractivity contribution in [3.05, 3.63) is 69.1 Å². The van der Waals surface area contributed by atoms with E-state index in [-0.39, 0.29) is 24.5 Å². The highest BCUT2D eigenvalue weighted by atomic mass is 35.5. The number of nitrogens with one attached hydrogen (secondary N) is 1. The zero-order chi connectivity index (χ0) is 30.1. The van der Waals surface area contributed by atoms with Crippen molar-refractivity contribution in [1.29, 1.82) is 0 Å². The van der Waals surface area contributed by atoms with Crippen LogP contribution in [0, 0.1) is 11.7 Å². The smallest absolute Gasteiger partial charge is 0.244 e. The number of hydrogen-bond acceptors (Lipinski definition) is 7. The van der Waals surface area contributed by atoms with Crippen molar-refractivity contribution in [2.75, 3.05) is 11.4 Å². The molecule has 4 fully saturated rings. The van der Waals surface area contributed by atoms with Gasteiger partial charge < -0.3 is 14.2 Å². The minimum absolute atomic E-state index is 0.00200. The summed E-state index contributed by atoms with van der Waals surface area (Å²) >= 11 is 13.0. The summed E-state index contributed by atoms with van der Waals surface area (Å²) in [7, 11) is -3.96. The summed E-state index contributed by atoms with van der Waals surface area (Å²) in [5.74, 6) is 0.369. The van der Waals surface area contributed by atoms with Crippen LogP contribution in [-0.4, -0.2) is 38.2 Å². The molecule has 3 aliphatic carbocycles. The molecule has 1 aliphatic heterocycles. The van der Waals surface area contributed by atoms with Crippen LogP contribution in [-0.2, 0) is 30.9 Å². The summed E-state index contributed by atoms with van der Waals surface area (Å²) in [5.41, 5.74) is 3.00. The van der Waals surface area contributed by atoms with Crippen LogP contribution in [0.4, 0.5) is 10.1 Å². The summed E-state index contributed by atoms with van der Waals surface area (Å²) in [6.07, 6.45) is 4.49. The number of anilines is 1. The molecule has 1 N–H and O–H groups in total. The van der Waals surface area contributed by atoms with Crippen molar-refractivity contribution in [1.82, 2.24) is 9.88 Å². The second-order valence-electron chi connectivity index (χ2n) is 12.2. The third kappa shape index (κ3) is 5.04. The molecule has 3 aromatic rings. The maximum Gasteiger partial charge on any atom is 0.244 e. The van der Waals surface area contributed by atoms with Crippen molar-refractivity contribution in [3.63, 3.8) is 0 Å². The van der Waals surface area contributed by atoms with Gasteiger partial charge in [0.15, 0.2) is 0 Å². The van der Waals surface area contributed by atoms with Gasteiger partial charge in [-0.15, -0.1) is 0 Å². The second-order valence-corrected chi connectivity index (χ2v) is 15.0. The van der Waals surface area contributed by atoms with Crippen molar-refractivity contribution in [2.45, 2.75) is 81.3 Å². The first-order chi connectivity index (χ1) is 20.6. The van der Waals surface area contributed by atoms with Gasteiger partial charge in [-0.25, -0.2) is 12.8 Å². The predicted molar refractivity (Wildman–Crippen MR) is 161 cm³/mol. The zero-order valence-electron chi connectivity index (χ0n) is 23.6. The number of halogens is 3. The Bertz CT molecular complexity index is 1680. The Hall–Kier alpha value is -2.66. The molecule has 8 nitrogen and oxygen atoms in total. The topological polar surface area (TPSA) is 102 Å².